The molecule has 0 aliphatic carbocycles. The highest BCUT2D eigenvalue weighted by molar-refractivity contribution is 7.10. The molecule has 0 radical (unpaired) electrons. The van der Waals surface area contributed by atoms with Crippen LogP contribution < -0.4 is 0 Å². The third-order valence-electron chi connectivity index (χ3n) is 3.80. The lowest BCUT2D eigenvalue weighted by Gasteiger charge is -2.23. The fourth-order valence-electron chi connectivity index (χ4n) is 2.82. The van der Waals surface area contributed by atoms with E-state index in [1.54, 1.807) is 18.3 Å². The third kappa shape index (κ3) is 3.32. The summed E-state index contributed by atoms with van der Waals surface area (Å²) in [5.41, 5.74) is 0. The van der Waals surface area contributed by atoms with Gasteiger partial charge in [0.05, 0.1) is 6.04 Å². The second-order valence-electron chi connectivity index (χ2n) is 5.35. The van der Waals surface area contributed by atoms with Crippen LogP contribution in [-0.2, 0) is 11.2 Å². The molecule has 2 aromatic heterocycles. The van der Waals surface area contributed by atoms with Gasteiger partial charge >= 0.3 is 0 Å². The zero-order valence-electron chi connectivity index (χ0n) is 12.1. The molecule has 0 saturated carbocycles. The average Bonchev–Trinajstić information content (AvgIpc) is 3.19. The van der Waals surface area contributed by atoms with Gasteiger partial charge in [0.15, 0.2) is 5.82 Å². The minimum Gasteiger partial charge on any atom is -0.339 e. The average molecular weight is 305 g/mol. The van der Waals surface area contributed by atoms with Crippen molar-refractivity contribution in [2.45, 2.75) is 45.1 Å². The summed E-state index contributed by atoms with van der Waals surface area (Å²) in [6.45, 7) is 2.68. The summed E-state index contributed by atoms with van der Waals surface area (Å²) in [5, 5.41) is 5.84. The Labute approximate surface area is 128 Å². The first-order chi connectivity index (χ1) is 10.2. The van der Waals surface area contributed by atoms with Gasteiger partial charge in [0.2, 0.25) is 11.8 Å². The molecule has 0 bridgehead atoms. The number of carbonyl (C=O) groups excluding carboxylic acids is 1. The summed E-state index contributed by atoms with van der Waals surface area (Å²) >= 11 is 1.74. The molecule has 21 heavy (non-hydrogen) atoms. The number of rotatable bonds is 5. The number of aromatic nitrogens is 2. The Morgan fingerprint density at radius 1 is 1.57 bits per heavy atom. The Balaban J connectivity index is 1.52. The lowest BCUT2D eigenvalue weighted by Crippen LogP contribution is -2.30. The molecule has 2 aromatic rings. The third-order valence-corrected chi connectivity index (χ3v) is 4.77. The number of amides is 1. The molecule has 1 saturated heterocycles. The minimum absolute atomic E-state index is 0.238. The molecular weight excluding hydrogens is 286 g/mol. The van der Waals surface area contributed by atoms with Crippen molar-refractivity contribution >= 4 is 17.2 Å². The van der Waals surface area contributed by atoms with E-state index < -0.39 is 0 Å². The number of aryl methyl sites for hydroxylation is 2. The maximum atomic E-state index is 12.4. The molecule has 1 unspecified atom stereocenters. The van der Waals surface area contributed by atoms with E-state index in [2.05, 4.69) is 27.7 Å². The predicted octanol–water partition coefficient (Wildman–Crippen LogP) is 3.13. The van der Waals surface area contributed by atoms with Gasteiger partial charge < -0.3 is 9.42 Å². The van der Waals surface area contributed by atoms with Crippen LogP contribution in [0.1, 0.15) is 48.3 Å². The molecule has 112 valence electrons. The zero-order chi connectivity index (χ0) is 14.7. The van der Waals surface area contributed by atoms with E-state index >= 15 is 0 Å². The molecule has 5 nitrogen and oxygen atoms in total. The largest absolute Gasteiger partial charge is 0.339 e. The van der Waals surface area contributed by atoms with Crippen LogP contribution in [-0.4, -0.2) is 27.5 Å². The van der Waals surface area contributed by atoms with Crippen LogP contribution in [0.15, 0.2) is 22.0 Å². The lowest BCUT2D eigenvalue weighted by molar-refractivity contribution is -0.132. The number of likely N-dealkylation sites (tertiary alicyclic amines) is 1. The second-order valence-corrected chi connectivity index (χ2v) is 6.33. The molecule has 0 spiro atoms. The molecule has 3 rings (SSSR count). The standard InChI is InChI=1S/C15H19N3O2S/c1-11-16-14(20-17-11)7-2-8-15(19)18-9-3-5-12(18)13-6-4-10-21-13/h4,6,10,12H,2-3,5,7-9H2,1H3. The van der Waals surface area contributed by atoms with Gasteiger partial charge in [-0.25, -0.2) is 0 Å². The quantitative estimate of drug-likeness (QED) is 0.851. The van der Waals surface area contributed by atoms with Crippen LogP contribution in [0.2, 0.25) is 0 Å². The molecule has 3 heterocycles. The van der Waals surface area contributed by atoms with Crippen LogP contribution >= 0.6 is 11.3 Å². The van der Waals surface area contributed by atoms with Crippen molar-refractivity contribution in [1.82, 2.24) is 15.0 Å². The molecule has 1 aliphatic heterocycles. The van der Waals surface area contributed by atoms with Gasteiger partial charge in [-0.15, -0.1) is 11.3 Å². The molecule has 6 heteroatoms. The maximum absolute atomic E-state index is 12.4. The van der Waals surface area contributed by atoms with Crippen LogP contribution in [0, 0.1) is 6.92 Å². The maximum Gasteiger partial charge on any atom is 0.226 e. The SMILES string of the molecule is Cc1noc(CCCC(=O)N2CCCC2c2cccs2)n1. The fraction of sp³-hybridized carbons (Fsp3) is 0.533. The smallest absolute Gasteiger partial charge is 0.226 e. The minimum atomic E-state index is 0.238. The van der Waals surface area contributed by atoms with Gasteiger partial charge in [-0.3, -0.25) is 4.79 Å². The summed E-state index contributed by atoms with van der Waals surface area (Å²) in [4.78, 5) is 19.9. The van der Waals surface area contributed by atoms with E-state index in [-0.39, 0.29) is 11.9 Å². The van der Waals surface area contributed by atoms with Crippen LogP contribution in [0.4, 0.5) is 0 Å². The Hall–Kier alpha value is -1.69. The van der Waals surface area contributed by atoms with Crippen molar-refractivity contribution in [2.24, 2.45) is 0 Å². The van der Waals surface area contributed by atoms with Crippen LogP contribution in [0.3, 0.4) is 0 Å². The van der Waals surface area contributed by atoms with Crippen LogP contribution in [0.5, 0.6) is 0 Å². The Morgan fingerprint density at radius 3 is 3.19 bits per heavy atom. The number of nitrogens with zero attached hydrogens (tertiary/aromatic N) is 3. The molecule has 1 aliphatic rings. The number of hydrogen-bond donors (Lipinski definition) is 0. The van der Waals surface area contributed by atoms with Gasteiger partial charge in [-0.1, -0.05) is 11.2 Å². The first-order valence-electron chi connectivity index (χ1n) is 7.36. The fourth-order valence-corrected chi connectivity index (χ4v) is 3.69. The first kappa shape index (κ1) is 14.3. The predicted molar refractivity (Wildman–Crippen MR) is 80.0 cm³/mol. The summed E-state index contributed by atoms with van der Waals surface area (Å²) in [6, 6.07) is 4.46. The van der Waals surface area contributed by atoms with Gasteiger partial charge in [-0.05, 0) is 37.6 Å². The van der Waals surface area contributed by atoms with Crippen molar-refractivity contribution < 1.29 is 9.32 Å². The van der Waals surface area contributed by atoms with Gasteiger partial charge in [0.1, 0.15) is 0 Å². The monoisotopic (exact) mass is 305 g/mol. The highest BCUT2D eigenvalue weighted by Gasteiger charge is 2.30. The van der Waals surface area contributed by atoms with E-state index in [1.165, 1.54) is 4.88 Å². The van der Waals surface area contributed by atoms with E-state index in [0.717, 1.165) is 25.8 Å². The molecule has 1 amide bonds. The lowest BCUT2D eigenvalue weighted by atomic mass is 10.1. The summed E-state index contributed by atoms with van der Waals surface area (Å²) in [6.07, 6.45) is 4.15. The molecule has 1 atom stereocenters. The Morgan fingerprint density at radius 2 is 2.48 bits per heavy atom. The van der Waals surface area contributed by atoms with E-state index in [1.807, 2.05) is 4.90 Å². The number of hydrogen-bond acceptors (Lipinski definition) is 5. The molecule has 1 fully saturated rings. The van der Waals surface area contributed by atoms with Crippen molar-refractivity contribution in [3.05, 3.63) is 34.1 Å². The van der Waals surface area contributed by atoms with E-state index in [0.29, 0.717) is 24.6 Å². The topological polar surface area (TPSA) is 59.2 Å². The highest BCUT2D eigenvalue weighted by atomic mass is 32.1. The highest BCUT2D eigenvalue weighted by Crippen LogP contribution is 2.34. The Bertz CT molecular complexity index is 594. The van der Waals surface area contributed by atoms with Gasteiger partial charge in [0, 0.05) is 24.3 Å². The Kier molecular flexibility index (Phi) is 4.34. The van der Waals surface area contributed by atoms with Crippen molar-refractivity contribution in [3.63, 3.8) is 0 Å². The van der Waals surface area contributed by atoms with Crippen molar-refractivity contribution in [2.75, 3.05) is 6.54 Å². The van der Waals surface area contributed by atoms with E-state index in [4.69, 9.17) is 4.52 Å². The van der Waals surface area contributed by atoms with Crippen molar-refractivity contribution in [1.29, 1.82) is 0 Å². The normalized spacial score (nSPS) is 18.3. The molecule has 0 N–H and O–H groups in total. The van der Waals surface area contributed by atoms with Crippen LogP contribution in [0.25, 0.3) is 0 Å². The molecular formula is C15H19N3O2S. The van der Waals surface area contributed by atoms with Crippen molar-refractivity contribution in [3.8, 4) is 0 Å². The first-order valence-corrected chi connectivity index (χ1v) is 8.24. The number of thiophene rings is 1. The molecule has 0 aromatic carbocycles. The van der Waals surface area contributed by atoms with Gasteiger partial charge in [-0.2, -0.15) is 4.98 Å². The second kappa shape index (κ2) is 6.39. The summed E-state index contributed by atoms with van der Waals surface area (Å²) in [5.74, 6) is 1.51. The van der Waals surface area contributed by atoms with Gasteiger partial charge in [0.25, 0.3) is 0 Å². The number of carbonyl (C=O) groups is 1. The summed E-state index contributed by atoms with van der Waals surface area (Å²) < 4.78 is 5.07. The summed E-state index contributed by atoms with van der Waals surface area (Å²) in [7, 11) is 0. The zero-order valence-corrected chi connectivity index (χ0v) is 12.9. The van der Waals surface area contributed by atoms with E-state index in [9.17, 15) is 4.79 Å².